The molecule has 7 nitrogen and oxygen atoms in total. The van der Waals surface area contributed by atoms with Crippen LogP contribution < -0.4 is 16.0 Å². The Kier molecular flexibility index (Phi) is 11.7. The molecule has 0 aliphatic rings. The third-order valence-electron chi connectivity index (χ3n) is 3.32. The number of aliphatic imine (C=N–C) groups is 1. The van der Waals surface area contributed by atoms with Crippen molar-refractivity contribution in [1.29, 1.82) is 0 Å². The molecule has 3 N–H and O–H groups in total. The van der Waals surface area contributed by atoms with Crippen molar-refractivity contribution < 1.29 is 14.3 Å². The Morgan fingerprint density at radius 2 is 1.74 bits per heavy atom. The van der Waals surface area contributed by atoms with Gasteiger partial charge in [-0.05, 0) is 51.8 Å². The van der Waals surface area contributed by atoms with Gasteiger partial charge >= 0.3 is 5.97 Å². The molecule has 0 saturated heterocycles. The van der Waals surface area contributed by atoms with Gasteiger partial charge in [-0.2, -0.15) is 0 Å². The van der Waals surface area contributed by atoms with Gasteiger partial charge in [-0.25, -0.2) is 9.79 Å². The number of esters is 1. The van der Waals surface area contributed by atoms with E-state index in [4.69, 9.17) is 0 Å². The average Bonchev–Trinajstić information content (AvgIpc) is 2.58. The number of carbonyl (C=O) groups excluding carboxylic acids is 2. The van der Waals surface area contributed by atoms with Crippen molar-refractivity contribution in [2.75, 3.05) is 26.7 Å². The quantitative estimate of drug-likeness (QED) is 0.236. The smallest absolute Gasteiger partial charge is 0.337 e. The van der Waals surface area contributed by atoms with Gasteiger partial charge in [0.15, 0.2) is 5.96 Å². The Bertz CT molecular complexity index is 625. The van der Waals surface area contributed by atoms with Crippen LogP contribution in [-0.2, 0) is 16.0 Å². The summed E-state index contributed by atoms with van der Waals surface area (Å²) in [5.74, 6) is 0.139. The number of carbonyl (C=O) groups is 2. The summed E-state index contributed by atoms with van der Waals surface area (Å²) < 4.78 is 4.68. The van der Waals surface area contributed by atoms with Crippen LogP contribution in [0.2, 0.25) is 0 Å². The van der Waals surface area contributed by atoms with Gasteiger partial charge in [0.2, 0.25) is 5.91 Å². The Hall–Kier alpha value is -1.84. The predicted octanol–water partition coefficient (Wildman–Crippen LogP) is 2.10. The highest BCUT2D eigenvalue weighted by atomic mass is 127. The molecule has 0 bridgehead atoms. The molecule has 1 aromatic carbocycles. The number of nitrogens with zero attached hydrogens (tertiary/aromatic N) is 1. The summed E-state index contributed by atoms with van der Waals surface area (Å²) >= 11 is 0. The first-order valence-corrected chi connectivity index (χ1v) is 8.75. The van der Waals surface area contributed by atoms with E-state index in [1.807, 2.05) is 39.8 Å². The van der Waals surface area contributed by atoms with Gasteiger partial charge in [-0.15, -0.1) is 24.0 Å². The Balaban J connectivity index is 0.00000676. The van der Waals surface area contributed by atoms with Gasteiger partial charge in [-0.1, -0.05) is 12.1 Å². The summed E-state index contributed by atoms with van der Waals surface area (Å²) in [6.45, 7) is 9.21. The van der Waals surface area contributed by atoms with Crippen molar-refractivity contribution in [1.82, 2.24) is 16.0 Å². The van der Waals surface area contributed by atoms with Crippen LogP contribution in [0.5, 0.6) is 0 Å². The lowest BCUT2D eigenvalue weighted by Crippen LogP contribution is -2.43. The number of hydrogen-bond donors (Lipinski definition) is 3. The van der Waals surface area contributed by atoms with Gasteiger partial charge in [-0.3, -0.25) is 4.79 Å². The molecular weight excluding hydrogens is 459 g/mol. The van der Waals surface area contributed by atoms with E-state index in [0.717, 1.165) is 12.0 Å². The predicted molar refractivity (Wildman–Crippen MR) is 119 cm³/mol. The number of methoxy groups -OCH3 is 1. The minimum atomic E-state index is -0.343. The van der Waals surface area contributed by atoms with Gasteiger partial charge in [0.05, 0.1) is 12.7 Å². The maximum atomic E-state index is 11.9. The van der Waals surface area contributed by atoms with Crippen LogP contribution in [0.1, 0.15) is 43.6 Å². The molecule has 0 fully saturated rings. The van der Waals surface area contributed by atoms with Crippen molar-refractivity contribution in [2.45, 2.75) is 39.7 Å². The van der Waals surface area contributed by atoms with E-state index in [2.05, 4.69) is 25.7 Å². The van der Waals surface area contributed by atoms with E-state index in [-0.39, 0.29) is 47.9 Å². The number of ether oxygens (including phenoxy) is 1. The number of hydrogen-bond acceptors (Lipinski definition) is 4. The zero-order valence-electron chi connectivity index (χ0n) is 16.7. The summed E-state index contributed by atoms with van der Waals surface area (Å²) in [6, 6.07) is 7.29. The summed E-state index contributed by atoms with van der Waals surface area (Å²) in [5, 5.41) is 9.20. The van der Waals surface area contributed by atoms with Crippen molar-refractivity contribution in [3.8, 4) is 0 Å². The van der Waals surface area contributed by atoms with Gasteiger partial charge < -0.3 is 20.7 Å². The number of rotatable bonds is 7. The lowest BCUT2D eigenvalue weighted by molar-refractivity contribution is -0.121. The fraction of sp³-hybridized carbons (Fsp3) is 0.526. The highest BCUT2D eigenvalue weighted by Crippen LogP contribution is 2.06. The van der Waals surface area contributed by atoms with Crippen molar-refractivity contribution in [2.24, 2.45) is 4.99 Å². The molecular formula is C19H31IN4O3. The standard InChI is InChI=1S/C19H30N4O3.HI/c1-6-20-18(22-13-16(24)23-19(2,3)4)21-12-11-14-7-9-15(10-8-14)17(25)26-5;/h7-10H,6,11-13H2,1-5H3,(H,23,24)(H2,20,21,22);1H. The number of amides is 1. The van der Waals surface area contributed by atoms with Gasteiger partial charge in [0.1, 0.15) is 6.54 Å². The fourth-order valence-electron chi connectivity index (χ4n) is 2.20. The van der Waals surface area contributed by atoms with Gasteiger partial charge in [0.25, 0.3) is 0 Å². The SMILES string of the molecule is CCNC(=NCC(=O)NC(C)(C)C)NCCc1ccc(C(=O)OC)cc1.I. The van der Waals surface area contributed by atoms with Crippen LogP contribution >= 0.6 is 24.0 Å². The maximum Gasteiger partial charge on any atom is 0.337 e. The molecule has 152 valence electrons. The second-order valence-electron chi connectivity index (χ2n) is 6.86. The Labute approximate surface area is 178 Å². The summed E-state index contributed by atoms with van der Waals surface area (Å²) in [7, 11) is 1.36. The van der Waals surface area contributed by atoms with E-state index in [1.165, 1.54) is 7.11 Å². The summed E-state index contributed by atoms with van der Waals surface area (Å²) in [5.41, 5.74) is 1.35. The first-order valence-electron chi connectivity index (χ1n) is 8.75. The number of benzene rings is 1. The molecule has 8 heteroatoms. The average molecular weight is 490 g/mol. The van der Waals surface area contributed by atoms with Crippen molar-refractivity contribution in [3.05, 3.63) is 35.4 Å². The molecule has 1 rings (SSSR count). The highest BCUT2D eigenvalue weighted by Gasteiger charge is 2.13. The number of halogens is 1. The van der Waals surface area contributed by atoms with E-state index in [0.29, 0.717) is 24.6 Å². The first kappa shape index (κ1) is 25.2. The molecule has 0 atom stereocenters. The molecule has 0 heterocycles. The van der Waals surface area contributed by atoms with E-state index in [1.54, 1.807) is 12.1 Å². The van der Waals surface area contributed by atoms with Crippen molar-refractivity contribution in [3.63, 3.8) is 0 Å². The first-order chi connectivity index (χ1) is 12.2. The minimum absolute atomic E-state index is 0. The molecule has 0 aromatic heterocycles. The summed E-state index contributed by atoms with van der Waals surface area (Å²) in [6.07, 6.45) is 0.764. The van der Waals surface area contributed by atoms with Crippen LogP contribution in [0.4, 0.5) is 0 Å². The largest absolute Gasteiger partial charge is 0.465 e. The van der Waals surface area contributed by atoms with Gasteiger partial charge in [0, 0.05) is 18.6 Å². The van der Waals surface area contributed by atoms with E-state index in [9.17, 15) is 9.59 Å². The zero-order chi connectivity index (χ0) is 19.6. The Morgan fingerprint density at radius 1 is 1.11 bits per heavy atom. The molecule has 0 spiro atoms. The topological polar surface area (TPSA) is 91.8 Å². The number of nitrogens with one attached hydrogen (secondary N) is 3. The highest BCUT2D eigenvalue weighted by molar-refractivity contribution is 14.0. The second-order valence-corrected chi connectivity index (χ2v) is 6.86. The van der Waals surface area contributed by atoms with Crippen LogP contribution in [0.3, 0.4) is 0 Å². The third-order valence-corrected chi connectivity index (χ3v) is 3.32. The third kappa shape index (κ3) is 10.8. The molecule has 1 aromatic rings. The molecule has 1 amide bonds. The monoisotopic (exact) mass is 490 g/mol. The maximum absolute atomic E-state index is 11.9. The van der Waals surface area contributed by atoms with Crippen LogP contribution in [0, 0.1) is 0 Å². The molecule has 0 aliphatic carbocycles. The fourth-order valence-corrected chi connectivity index (χ4v) is 2.20. The lowest BCUT2D eigenvalue weighted by atomic mass is 10.1. The molecule has 0 unspecified atom stereocenters. The minimum Gasteiger partial charge on any atom is -0.465 e. The molecule has 0 radical (unpaired) electrons. The van der Waals surface area contributed by atoms with Crippen LogP contribution in [-0.4, -0.2) is 50.1 Å². The molecule has 0 aliphatic heterocycles. The normalized spacial score (nSPS) is 11.2. The lowest BCUT2D eigenvalue weighted by Gasteiger charge is -2.20. The number of guanidine groups is 1. The second kappa shape index (κ2) is 12.5. The van der Waals surface area contributed by atoms with E-state index >= 15 is 0 Å². The van der Waals surface area contributed by atoms with Crippen molar-refractivity contribution >= 4 is 41.8 Å². The van der Waals surface area contributed by atoms with E-state index < -0.39 is 0 Å². The molecule has 27 heavy (non-hydrogen) atoms. The zero-order valence-corrected chi connectivity index (χ0v) is 19.0. The molecule has 0 saturated carbocycles. The summed E-state index contributed by atoms with van der Waals surface area (Å²) in [4.78, 5) is 27.6. The Morgan fingerprint density at radius 3 is 2.26 bits per heavy atom. The van der Waals surface area contributed by atoms with Crippen LogP contribution in [0.15, 0.2) is 29.3 Å². The van der Waals surface area contributed by atoms with Crippen LogP contribution in [0.25, 0.3) is 0 Å².